The van der Waals surface area contributed by atoms with Gasteiger partial charge in [-0.3, -0.25) is 14.7 Å². The molecule has 2 heterocycles. The molecule has 0 spiro atoms. The third-order valence-corrected chi connectivity index (χ3v) is 2.92. The number of nitrogens with zero attached hydrogens (tertiary/aromatic N) is 6. The van der Waals surface area contributed by atoms with Gasteiger partial charge in [-0.1, -0.05) is 13.3 Å². The van der Waals surface area contributed by atoms with Crippen LogP contribution in [0.4, 0.5) is 11.5 Å². The quantitative estimate of drug-likeness (QED) is 0.590. The summed E-state index contributed by atoms with van der Waals surface area (Å²) in [5.74, 6) is 0.544. The highest BCUT2D eigenvalue weighted by Gasteiger charge is 2.26. The zero-order valence-electron chi connectivity index (χ0n) is 11.4. The molecule has 0 saturated carbocycles. The minimum Gasteiger partial charge on any atom is -0.354 e. The zero-order valence-corrected chi connectivity index (χ0v) is 11.4. The minimum atomic E-state index is -0.451. The van der Waals surface area contributed by atoms with Gasteiger partial charge in [0.15, 0.2) is 0 Å². The highest BCUT2D eigenvalue weighted by atomic mass is 16.6. The van der Waals surface area contributed by atoms with Crippen LogP contribution in [-0.4, -0.2) is 38.0 Å². The number of imidazole rings is 1. The summed E-state index contributed by atoms with van der Waals surface area (Å²) in [6.45, 7) is 2.77. The summed E-state index contributed by atoms with van der Waals surface area (Å²) in [6, 6.07) is 0. The molecule has 2 rings (SSSR count). The fourth-order valence-electron chi connectivity index (χ4n) is 1.88. The lowest BCUT2D eigenvalue weighted by atomic mass is 10.3. The van der Waals surface area contributed by atoms with Crippen molar-refractivity contribution in [2.75, 3.05) is 18.5 Å². The molecule has 0 aliphatic rings. The van der Waals surface area contributed by atoms with Crippen LogP contribution in [0.3, 0.4) is 0 Å². The molecule has 2 aromatic rings. The Kier molecular flexibility index (Phi) is 4.24. The Hall–Kier alpha value is -2.51. The van der Waals surface area contributed by atoms with Crippen molar-refractivity contribution in [2.24, 2.45) is 0 Å². The van der Waals surface area contributed by atoms with E-state index in [9.17, 15) is 10.1 Å². The fraction of sp³-hybridized carbons (Fsp3) is 0.417. The van der Waals surface area contributed by atoms with Gasteiger partial charge >= 0.3 is 5.69 Å². The fourth-order valence-corrected chi connectivity index (χ4v) is 1.88. The van der Waals surface area contributed by atoms with Gasteiger partial charge in [0.05, 0.1) is 4.92 Å². The zero-order chi connectivity index (χ0) is 14.5. The van der Waals surface area contributed by atoms with Gasteiger partial charge in [-0.25, -0.2) is 15.0 Å². The largest absolute Gasteiger partial charge is 0.354 e. The maximum Gasteiger partial charge on any atom is 0.354 e. The highest BCUT2D eigenvalue weighted by molar-refractivity contribution is 5.65. The van der Waals surface area contributed by atoms with Crippen molar-refractivity contribution in [1.82, 2.24) is 19.5 Å². The third kappa shape index (κ3) is 2.73. The van der Waals surface area contributed by atoms with Crippen LogP contribution in [0.15, 0.2) is 25.0 Å². The molecule has 8 nitrogen and oxygen atoms in total. The molecule has 0 bridgehead atoms. The van der Waals surface area contributed by atoms with Crippen LogP contribution in [0.2, 0.25) is 0 Å². The molecule has 0 aliphatic heterocycles. The van der Waals surface area contributed by atoms with Crippen molar-refractivity contribution in [3.63, 3.8) is 0 Å². The second-order valence-electron chi connectivity index (χ2n) is 4.37. The average molecular weight is 276 g/mol. The Morgan fingerprint density at radius 1 is 1.45 bits per heavy atom. The van der Waals surface area contributed by atoms with E-state index in [4.69, 9.17) is 0 Å². The van der Waals surface area contributed by atoms with E-state index < -0.39 is 4.92 Å². The molecular weight excluding hydrogens is 260 g/mol. The lowest BCUT2D eigenvalue weighted by molar-refractivity contribution is -0.384. The van der Waals surface area contributed by atoms with E-state index in [1.54, 1.807) is 24.3 Å². The van der Waals surface area contributed by atoms with Crippen LogP contribution in [0.25, 0.3) is 5.82 Å². The number of hydrogen-bond donors (Lipinski definition) is 0. The van der Waals surface area contributed by atoms with Gasteiger partial charge in [-0.05, 0) is 6.42 Å². The molecule has 8 heteroatoms. The Balaban J connectivity index is 2.47. The van der Waals surface area contributed by atoms with Gasteiger partial charge in [0.25, 0.3) is 0 Å². The van der Waals surface area contributed by atoms with E-state index in [-0.39, 0.29) is 11.5 Å². The van der Waals surface area contributed by atoms with Crippen LogP contribution in [0, 0.1) is 10.1 Å². The first kappa shape index (κ1) is 13.9. The monoisotopic (exact) mass is 276 g/mol. The van der Waals surface area contributed by atoms with Gasteiger partial charge in [0, 0.05) is 26.0 Å². The molecule has 0 aromatic carbocycles. The van der Waals surface area contributed by atoms with Crippen molar-refractivity contribution in [3.8, 4) is 5.82 Å². The van der Waals surface area contributed by atoms with Crippen molar-refractivity contribution in [2.45, 2.75) is 19.8 Å². The predicted octanol–water partition coefficient (Wildman–Crippen LogP) is 1.81. The number of unbranched alkanes of at least 4 members (excludes halogenated alkanes) is 1. The molecule has 0 atom stereocenters. The highest BCUT2D eigenvalue weighted by Crippen LogP contribution is 2.29. The number of hydrogen-bond acceptors (Lipinski definition) is 6. The molecule has 0 aliphatic carbocycles. The SMILES string of the molecule is CCCCN(C)c1ncnc(-n2ccnc2)c1[N+](=O)[O-]. The van der Waals surface area contributed by atoms with Crippen molar-refractivity contribution in [1.29, 1.82) is 0 Å². The molecule has 0 radical (unpaired) electrons. The number of nitro groups is 1. The number of rotatable bonds is 6. The summed E-state index contributed by atoms with van der Waals surface area (Å²) in [4.78, 5) is 24.7. The van der Waals surface area contributed by atoms with Crippen LogP contribution in [-0.2, 0) is 0 Å². The van der Waals surface area contributed by atoms with Crippen molar-refractivity contribution < 1.29 is 4.92 Å². The lowest BCUT2D eigenvalue weighted by Gasteiger charge is -2.18. The Bertz CT molecular complexity index is 584. The van der Waals surface area contributed by atoms with Crippen LogP contribution >= 0.6 is 0 Å². The molecule has 20 heavy (non-hydrogen) atoms. The molecule has 0 saturated heterocycles. The third-order valence-electron chi connectivity index (χ3n) is 2.92. The smallest absolute Gasteiger partial charge is 0.354 e. The number of aromatic nitrogens is 4. The van der Waals surface area contributed by atoms with Crippen LogP contribution < -0.4 is 4.90 Å². The predicted molar refractivity (Wildman–Crippen MR) is 74.0 cm³/mol. The summed E-state index contributed by atoms with van der Waals surface area (Å²) in [7, 11) is 1.79. The van der Waals surface area contributed by atoms with E-state index in [1.165, 1.54) is 17.2 Å². The van der Waals surface area contributed by atoms with Gasteiger partial charge in [-0.15, -0.1) is 0 Å². The first-order valence-corrected chi connectivity index (χ1v) is 6.34. The van der Waals surface area contributed by atoms with Gasteiger partial charge < -0.3 is 4.90 Å². The molecule has 0 fully saturated rings. The van der Waals surface area contributed by atoms with Crippen LogP contribution in [0.5, 0.6) is 0 Å². The first-order valence-electron chi connectivity index (χ1n) is 6.34. The summed E-state index contributed by atoms with van der Waals surface area (Å²) < 4.78 is 1.51. The molecule has 106 valence electrons. The normalized spacial score (nSPS) is 10.5. The minimum absolute atomic E-state index is 0.107. The molecule has 0 unspecified atom stereocenters. The summed E-state index contributed by atoms with van der Waals surface area (Å²) in [6.07, 6.45) is 7.93. The maximum atomic E-state index is 11.4. The van der Waals surface area contributed by atoms with E-state index in [0.717, 1.165) is 12.8 Å². The van der Waals surface area contributed by atoms with Gasteiger partial charge in [0.2, 0.25) is 11.6 Å². The number of anilines is 1. The lowest BCUT2D eigenvalue weighted by Crippen LogP contribution is -2.22. The molecular formula is C12H16N6O2. The Morgan fingerprint density at radius 3 is 2.85 bits per heavy atom. The van der Waals surface area contributed by atoms with Gasteiger partial charge in [-0.2, -0.15) is 0 Å². The maximum absolute atomic E-state index is 11.4. The Labute approximate surface area is 116 Å². The summed E-state index contributed by atoms with van der Waals surface area (Å²) in [5.41, 5.74) is -0.107. The second-order valence-corrected chi connectivity index (χ2v) is 4.37. The van der Waals surface area contributed by atoms with E-state index in [0.29, 0.717) is 12.4 Å². The second kappa shape index (κ2) is 6.09. The Morgan fingerprint density at radius 2 is 2.25 bits per heavy atom. The topological polar surface area (TPSA) is 90.0 Å². The van der Waals surface area contributed by atoms with E-state index in [2.05, 4.69) is 21.9 Å². The van der Waals surface area contributed by atoms with Gasteiger partial charge in [0.1, 0.15) is 12.7 Å². The van der Waals surface area contributed by atoms with Crippen molar-refractivity contribution in [3.05, 3.63) is 35.2 Å². The summed E-state index contributed by atoms with van der Waals surface area (Å²) >= 11 is 0. The van der Waals surface area contributed by atoms with E-state index in [1.807, 2.05) is 0 Å². The van der Waals surface area contributed by atoms with E-state index >= 15 is 0 Å². The standard InChI is InChI=1S/C12H16N6O2/c1-3-4-6-16(2)11-10(18(19)20)12(15-8-14-11)17-7-5-13-9-17/h5,7-9H,3-4,6H2,1-2H3. The molecule has 2 aromatic heterocycles. The molecule has 0 amide bonds. The summed E-state index contributed by atoms with van der Waals surface area (Å²) in [5, 5.41) is 11.4. The van der Waals surface area contributed by atoms with Crippen LogP contribution in [0.1, 0.15) is 19.8 Å². The molecule has 0 N–H and O–H groups in total. The average Bonchev–Trinajstić information content (AvgIpc) is 2.97. The van der Waals surface area contributed by atoms with Crippen molar-refractivity contribution >= 4 is 11.5 Å². The first-order chi connectivity index (χ1) is 9.65.